The van der Waals surface area contributed by atoms with Crippen molar-refractivity contribution in [1.82, 2.24) is 10.0 Å². The highest BCUT2D eigenvalue weighted by Crippen LogP contribution is 1.74. The molecule has 9 heteroatoms. The van der Waals surface area contributed by atoms with E-state index in [-0.39, 0.29) is 5.96 Å². The first-order chi connectivity index (χ1) is 5.29. The number of hydrazine groups is 2. The second kappa shape index (κ2) is 6.12. The molecule has 0 fully saturated rings. The number of nitrogens with one attached hydrogen (secondary N) is 1. The van der Waals surface area contributed by atoms with E-state index in [4.69, 9.17) is 32.4 Å². The molecule has 72 valence electrons. The molecule has 0 spiro atoms. The summed E-state index contributed by atoms with van der Waals surface area (Å²) in [6, 6.07) is 0. The van der Waals surface area contributed by atoms with E-state index in [2.05, 4.69) is 0 Å². The van der Waals surface area contributed by atoms with Gasteiger partial charge in [0.2, 0.25) is 5.96 Å². The monoisotopic (exact) mass is 180 g/mol. The summed E-state index contributed by atoms with van der Waals surface area (Å²) in [6.07, 6.45) is 0. The summed E-state index contributed by atoms with van der Waals surface area (Å²) in [5.74, 6) is 10.3. The summed E-state index contributed by atoms with van der Waals surface area (Å²) >= 11 is 0. The molecule has 0 bridgehead atoms. The maximum Gasteiger partial charge on any atom is 0.291 e. The van der Waals surface area contributed by atoms with Gasteiger partial charge in [-0.3, -0.25) is 15.4 Å². The molecule has 0 aromatic rings. The Labute approximate surface area is 68.7 Å². The van der Waals surface area contributed by atoms with E-state index < -0.39 is 5.09 Å². The van der Waals surface area contributed by atoms with Crippen LogP contribution in [0.15, 0.2) is 0 Å². The molecule has 0 saturated carbocycles. The van der Waals surface area contributed by atoms with Gasteiger partial charge in [0, 0.05) is 14.1 Å². The fourth-order valence-electron chi connectivity index (χ4n) is 0.249. The van der Waals surface area contributed by atoms with Crippen molar-refractivity contribution in [2.24, 2.45) is 11.7 Å². The molecule has 0 aliphatic heterocycles. The molecule has 0 aliphatic carbocycles. The molecule has 0 unspecified atom stereocenters. The third-order valence-corrected chi connectivity index (χ3v) is 0.668. The normalized spacial score (nSPS) is 7.67. The summed E-state index contributed by atoms with van der Waals surface area (Å²) in [5, 5.41) is 22.9. The van der Waals surface area contributed by atoms with Crippen LogP contribution in [0.3, 0.4) is 0 Å². The largest absolute Gasteiger partial charge is 0.328 e. The second-order valence-electron chi connectivity index (χ2n) is 1.78. The number of nitrogens with zero attached hydrogens (tertiary/aromatic N) is 3. The van der Waals surface area contributed by atoms with Crippen LogP contribution in [0.2, 0.25) is 0 Å². The van der Waals surface area contributed by atoms with E-state index in [0.717, 1.165) is 10.0 Å². The van der Waals surface area contributed by atoms with Gasteiger partial charge in [0.05, 0.1) is 0 Å². The minimum absolute atomic E-state index is 0.0741. The standard InChI is InChI=1S/C3H11N5.HNO3/c1-7(5)3(4)8(2)6;2-1(3)4/h4H,5-6H2,1-2H3;(H,2,3,4). The van der Waals surface area contributed by atoms with Crippen LogP contribution in [0.1, 0.15) is 0 Å². The molecule has 0 saturated heterocycles. The highest BCUT2D eigenvalue weighted by molar-refractivity contribution is 5.74. The fraction of sp³-hybridized carbons (Fsp3) is 0.667. The molecule has 0 heterocycles. The molecule has 12 heavy (non-hydrogen) atoms. The number of hydrogen-bond acceptors (Lipinski definition) is 5. The lowest BCUT2D eigenvalue weighted by atomic mass is 10.8. The summed E-state index contributed by atoms with van der Waals surface area (Å²) in [6.45, 7) is 0. The molecule has 0 amide bonds. The molecular weight excluding hydrogens is 168 g/mol. The van der Waals surface area contributed by atoms with E-state index in [1.54, 1.807) is 14.1 Å². The highest BCUT2D eigenvalue weighted by Gasteiger charge is 1.98. The van der Waals surface area contributed by atoms with Crippen LogP contribution in [0.25, 0.3) is 0 Å². The first-order valence-electron chi connectivity index (χ1n) is 2.67. The lowest BCUT2D eigenvalue weighted by Crippen LogP contribution is -2.46. The predicted molar refractivity (Wildman–Crippen MR) is 40.4 cm³/mol. The Bertz CT molecular complexity index is 142. The molecule has 0 aliphatic rings. The second-order valence-corrected chi connectivity index (χ2v) is 1.78. The van der Waals surface area contributed by atoms with Gasteiger partial charge in [-0.25, -0.2) is 11.7 Å². The van der Waals surface area contributed by atoms with Crippen molar-refractivity contribution >= 4 is 5.96 Å². The average molecular weight is 180 g/mol. The van der Waals surface area contributed by atoms with Gasteiger partial charge in [-0.05, 0) is 0 Å². The van der Waals surface area contributed by atoms with Gasteiger partial charge < -0.3 is 5.21 Å². The Morgan fingerprint density at radius 3 is 1.67 bits per heavy atom. The molecule has 0 rings (SSSR count). The van der Waals surface area contributed by atoms with Crippen molar-refractivity contribution in [3.05, 3.63) is 10.1 Å². The summed E-state index contributed by atoms with van der Waals surface area (Å²) in [7, 11) is 3.09. The van der Waals surface area contributed by atoms with Crippen molar-refractivity contribution in [1.29, 1.82) is 5.41 Å². The fourth-order valence-corrected chi connectivity index (χ4v) is 0.249. The van der Waals surface area contributed by atoms with Crippen LogP contribution in [0, 0.1) is 15.5 Å². The third kappa shape index (κ3) is 11.2. The minimum atomic E-state index is -1.50. The van der Waals surface area contributed by atoms with Crippen LogP contribution in [-0.2, 0) is 0 Å². The van der Waals surface area contributed by atoms with E-state index >= 15 is 0 Å². The quantitative estimate of drug-likeness (QED) is 0.113. The van der Waals surface area contributed by atoms with Gasteiger partial charge in [0.1, 0.15) is 0 Å². The van der Waals surface area contributed by atoms with Gasteiger partial charge in [0.25, 0.3) is 5.09 Å². The van der Waals surface area contributed by atoms with E-state index in [0.29, 0.717) is 0 Å². The zero-order valence-corrected chi connectivity index (χ0v) is 6.76. The summed E-state index contributed by atoms with van der Waals surface area (Å²) in [4.78, 5) is 8.36. The summed E-state index contributed by atoms with van der Waals surface area (Å²) in [5.41, 5.74) is 0. The number of hydrogen-bond donors (Lipinski definition) is 4. The Kier molecular flexibility index (Phi) is 6.64. The predicted octanol–water partition coefficient (Wildman–Crippen LogP) is -1.82. The Morgan fingerprint density at radius 2 is 1.67 bits per heavy atom. The first kappa shape index (κ1) is 13.0. The van der Waals surface area contributed by atoms with Crippen molar-refractivity contribution < 1.29 is 10.3 Å². The number of nitrogens with two attached hydrogens (primary N) is 2. The van der Waals surface area contributed by atoms with Gasteiger partial charge in [0.15, 0.2) is 0 Å². The molecule has 0 radical (unpaired) electrons. The van der Waals surface area contributed by atoms with Crippen molar-refractivity contribution in [3.63, 3.8) is 0 Å². The number of guanidine groups is 1. The average Bonchev–Trinajstić information content (AvgIpc) is 1.84. The maximum atomic E-state index is 8.36. The number of rotatable bonds is 0. The highest BCUT2D eigenvalue weighted by atomic mass is 16.9. The van der Waals surface area contributed by atoms with Gasteiger partial charge in [-0.2, -0.15) is 0 Å². The van der Waals surface area contributed by atoms with Crippen LogP contribution in [-0.4, -0.2) is 40.4 Å². The van der Waals surface area contributed by atoms with Gasteiger partial charge >= 0.3 is 0 Å². The molecule has 0 aromatic carbocycles. The topological polar surface area (TPSA) is 146 Å². The SMILES string of the molecule is CN(N)C(=N)N(C)N.O=[N+]([O-])O. The zero-order valence-electron chi connectivity index (χ0n) is 6.76. The zero-order chi connectivity index (χ0) is 10.3. The minimum Gasteiger partial charge on any atom is -0.328 e. The van der Waals surface area contributed by atoms with Crippen molar-refractivity contribution in [2.45, 2.75) is 0 Å². The van der Waals surface area contributed by atoms with Crippen LogP contribution < -0.4 is 11.7 Å². The molecular formula is C3H12N6O3. The van der Waals surface area contributed by atoms with Crippen LogP contribution in [0.5, 0.6) is 0 Å². The maximum absolute atomic E-state index is 8.36. The van der Waals surface area contributed by atoms with Crippen molar-refractivity contribution in [3.8, 4) is 0 Å². The van der Waals surface area contributed by atoms with Gasteiger partial charge in [-0.1, -0.05) is 0 Å². The molecule has 0 atom stereocenters. The molecule has 6 N–H and O–H groups in total. The third-order valence-electron chi connectivity index (χ3n) is 0.668. The van der Waals surface area contributed by atoms with Gasteiger partial charge in [-0.15, -0.1) is 10.1 Å². The van der Waals surface area contributed by atoms with E-state index in [1.807, 2.05) is 0 Å². The van der Waals surface area contributed by atoms with Crippen molar-refractivity contribution in [2.75, 3.05) is 14.1 Å². The van der Waals surface area contributed by atoms with Crippen LogP contribution >= 0.6 is 0 Å². The Morgan fingerprint density at radius 1 is 1.50 bits per heavy atom. The van der Waals surface area contributed by atoms with Crippen LogP contribution in [0.4, 0.5) is 0 Å². The molecule has 9 nitrogen and oxygen atoms in total. The smallest absolute Gasteiger partial charge is 0.291 e. The lowest BCUT2D eigenvalue weighted by Gasteiger charge is -2.18. The Hall–Kier alpha value is -1.61. The van der Waals surface area contributed by atoms with E-state index in [9.17, 15) is 0 Å². The Balaban J connectivity index is 0. The first-order valence-corrected chi connectivity index (χ1v) is 2.67. The lowest BCUT2D eigenvalue weighted by molar-refractivity contribution is -0.742. The van der Waals surface area contributed by atoms with E-state index in [1.165, 1.54) is 0 Å². The molecule has 0 aromatic heterocycles. The summed E-state index contributed by atoms with van der Waals surface area (Å²) < 4.78 is 0.